The second-order valence-electron chi connectivity index (χ2n) is 9.53. The molecule has 146 valence electrons. The first-order chi connectivity index (χ1) is 11.8. The van der Waals surface area contributed by atoms with Gasteiger partial charge in [0.15, 0.2) is 0 Å². The molecule has 3 heterocycles. The van der Waals surface area contributed by atoms with Crippen molar-refractivity contribution >= 4 is 22.6 Å². The van der Waals surface area contributed by atoms with Gasteiger partial charge in [0, 0.05) is 31.2 Å². The largest absolute Gasteiger partial charge is 0.304 e. The smallest absolute Gasteiger partial charge is 0.0622 e. The van der Waals surface area contributed by atoms with Crippen molar-refractivity contribution < 1.29 is 0 Å². The van der Waals surface area contributed by atoms with Gasteiger partial charge >= 0.3 is 0 Å². The number of halogens is 1. The minimum Gasteiger partial charge on any atom is -0.304 e. The number of fused-ring (bicyclic) bond motifs is 2. The number of rotatable bonds is 7. The lowest BCUT2D eigenvalue weighted by Gasteiger charge is -2.44. The van der Waals surface area contributed by atoms with Crippen LogP contribution in [0.15, 0.2) is 0 Å². The first-order valence-electron chi connectivity index (χ1n) is 10.7. The van der Waals surface area contributed by atoms with Crippen LogP contribution in [0.5, 0.6) is 0 Å². The molecule has 3 saturated heterocycles. The SMILES string of the molecule is CCN1CCC(C)(C(C)CCC(I)N2C[C@H]3C[C@@H]2CN3C(C)C)CC1. The summed E-state index contributed by atoms with van der Waals surface area (Å²) in [6, 6.07) is 2.38. The molecule has 0 aromatic carbocycles. The van der Waals surface area contributed by atoms with Crippen LogP contribution in [-0.4, -0.2) is 69.6 Å². The van der Waals surface area contributed by atoms with Gasteiger partial charge < -0.3 is 4.90 Å². The molecule has 3 aliphatic heterocycles. The quantitative estimate of drug-likeness (QED) is 0.315. The topological polar surface area (TPSA) is 9.72 Å². The highest BCUT2D eigenvalue weighted by Gasteiger charge is 2.45. The van der Waals surface area contributed by atoms with Crippen LogP contribution >= 0.6 is 22.6 Å². The average Bonchev–Trinajstić information content (AvgIpc) is 3.20. The van der Waals surface area contributed by atoms with Gasteiger partial charge in [-0.1, -0.05) is 43.4 Å². The van der Waals surface area contributed by atoms with Crippen LogP contribution in [0, 0.1) is 11.3 Å². The molecule has 0 aromatic rings. The van der Waals surface area contributed by atoms with E-state index in [0.29, 0.717) is 5.41 Å². The monoisotopic (exact) mass is 461 g/mol. The molecule has 0 aliphatic carbocycles. The highest BCUT2D eigenvalue weighted by molar-refractivity contribution is 14.1. The normalized spacial score (nSPS) is 33.2. The van der Waals surface area contributed by atoms with Crippen LogP contribution in [-0.2, 0) is 0 Å². The number of hydrogen-bond donors (Lipinski definition) is 0. The van der Waals surface area contributed by atoms with Gasteiger partial charge in [0.25, 0.3) is 0 Å². The third-order valence-electron chi connectivity index (χ3n) is 7.82. The molecule has 25 heavy (non-hydrogen) atoms. The van der Waals surface area contributed by atoms with Crippen LogP contribution < -0.4 is 0 Å². The minimum absolute atomic E-state index is 0.570. The minimum atomic E-state index is 0.570. The van der Waals surface area contributed by atoms with E-state index in [2.05, 4.69) is 71.9 Å². The maximum absolute atomic E-state index is 2.83. The number of piperazine rings is 1. The zero-order chi connectivity index (χ0) is 18.2. The fourth-order valence-corrected chi connectivity index (χ4v) is 6.52. The molecule has 0 spiro atoms. The average molecular weight is 461 g/mol. The summed E-state index contributed by atoms with van der Waals surface area (Å²) in [5, 5.41) is 0. The van der Waals surface area contributed by atoms with E-state index in [4.69, 9.17) is 0 Å². The van der Waals surface area contributed by atoms with Gasteiger partial charge in [-0.15, -0.1) is 0 Å². The van der Waals surface area contributed by atoms with Gasteiger partial charge in [-0.3, -0.25) is 9.80 Å². The Morgan fingerprint density at radius 2 is 1.60 bits per heavy atom. The van der Waals surface area contributed by atoms with E-state index in [0.717, 1.165) is 28.1 Å². The van der Waals surface area contributed by atoms with Gasteiger partial charge in [0.2, 0.25) is 0 Å². The van der Waals surface area contributed by atoms with Crippen molar-refractivity contribution in [3.63, 3.8) is 0 Å². The van der Waals surface area contributed by atoms with Crippen LogP contribution in [0.1, 0.15) is 66.7 Å². The van der Waals surface area contributed by atoms with Gasteiger partial charge in [0.05, 0.1) is 4.05 Å². The molecule has 3 nitrogen and oxygen atoms in total. The summed E-state index contributed by atoms with van der Waals surface area (Å²) < 4.78 is 0.740. The Kier molecular flexibility index (Phi) is 6.77. The van der Waals surface area contributed by atoms with Gasteiger partial charge in [-0.05, 0) is 76.9 Å². The number of piperidine rings is 1. The molecular formula is C21H40IN3. The molecule has 0 aromatic heterocycles. The molecule has 3 fully saturated rings. The maximum atomic E-state index is 2.83. The molecule has 3 aliphatic rings. The van der Waals surface area contributed by atoms with Crippen molar-refractivity contribution in [2.45, 2.75) is 88.9 Å². The molecule has 4 atom stereocenters. The molecular weight excluding hydrogens is 421 g/mol. The van der Waals surface area contributed by atoms with E-state index in [-0.39, 0.29) is 0 Å². The maximum Gasteiger partial charge on any atom is 0.0622 e. The van der Waals surface area contributed by atoms with Gasteiger partial charge in [-0.25, -0.2) is 0 Å². The molecule has 0 N–H and O–H groups in total. The highest BCUT2D eigenvalue weighted by atomic mass is 127. The summed E-state index contributed by atoms with van der Waals surface area (Å²) in [6.07, 6.45) is 6.98. The summed E-state index contributed by atoms with van der Waals surface area (Å²) in [7, 11) is 0. The molecule has 2 bridgehead atoms. The van der Waals surface area contributed by atoms with E-state index < -0.39 is 0 Å². The third kappa shape index (κ3) is 4.38. The van der Waals surface area contributed by atoms with Crippen molar-refractivity contribution in [2.24, 2.45) is 11.3 Å². The molecule has 4 heteroatoms. The molecule has 0 saturated carbocycles. The summed E-state index contributed by atoms with van der Waals surface area (Å²) >= 11 is 2.74. The summed E-state index contributed by atoms with van der Waals surface area (Å²) in [5.41, 5.74) is 0.570. The van der Waals surface area contributed by atoms with E-state index in [1.165, 1.54) is 64.8 Å². The van der Waals surface area contributed by atoms with Crippen LogP contribution in [0.25, 0.3) is 0 Å². The Bertz CT molecular complexity index is 433. The second-order valence-corrected chi connectivity index (χ2v) is 11.0. The Hall–Kier alpha value is 0.610. The van der Waals surface area contributed by atoms with Crippen molar-refractivity contribution in [1.82, 2.24) is 14.7 Å². The highest BCUT2D eigenvalue weighted by Crippen LogP contribution is 2.42. The Balaban J connectivity index is 1.45. The zero-order valence-electron chi connectivity index (χ0n) is 17.2. The summed E-state index contributed by atoms with van der Waals surface area (Å²) in [5.74, 6) is 0.857. The van der Waals surface area contributed by atoms with Crippen LogP contribution in [0.2, 0.25) is 0 Å². The Morgan fingerprint density at radius 3 is 2.12 bits per heavy atom. The zero-order valence-corrected chi connectivity index (χ0v) is 19.3. The fourth-order valence-electron chi connectivity index (χ4n) is 5.48. The standard InChI is InChI=1S/C21H40IN3/c1-6-23-11-9-21(5,10-12-23)17(4)7-8-20(22)25-15-18-13-19(25)14-24(18)16(2)3/h16-20H,6-15H2,1-5H3/t17?,18-,19-,20?/m1/s1. The predicted molar refractivity (Wildman–Crippen MR) is 116 cm³/mol. The van der Waals surface area contributed by atoms with Crippen molar-refractivity contribution in [3.8, 4) is 0 Å². The Labute approximate surface area is 170 Å². The summed E-state index contributed by atoms with van der Waals surface area (Å²) in [6.45, 7) is 18.6. The van der Waals surface area contributed by atoms with Crippen molar-refractivity contribution in [1.29, 1.82) is 0 Å². The van der Waals surface area contributed by atoms with E-state index in [1.807, 2.05) is 0 Å². The second kappa shape index (κ2) is 8.32. The Morgan fingerprint density at radius 1 is 1.00 bits per heavy atom. The van der Waals surface area contributed by atoms with Gasteiger partial charge in [0.1, 0.15) is 0 Å². The first-order valence-corrected chi connectivity index (χ1v) is 12.0. The lowest BCUT2D eigenvalue weighted by atomic mass is 9.69. The number of hydrogen-bond acceptors (Lipinski definition) is 3. The van der Waals surface area contributed by atoms with Crippen LogP contribution in [0.4, 0.5) is 0 Å². The first kappa shape index (κ1) is 20.3. The molecule has 0 amide bonds. The number of likely N-dealkylation sites (tertiary alicyclic amines) is 3. The van der Waals surface area contributed by atoms with Crippen molar-refractivity contribution in [3.05, 3.63) is 0 Å². The molecule has 3 rings (SSSR count). The molecule has 0 radical (unpaired) electrons. The van der Waals surface area contributed by atoms with Crippen LogP contribution in [0.3, 0.4) is 0 Å². The summed E-state index contributed by atoms with van der Waals surface area (Å²) in [4.78, 5) is 8.19. The lowest BCUT2D eigenvalue weighted by Crippen LogP contribution is -2.50. The van der Waals surface area contributed by atoms with Crippen molar-refractivity contribution in [2.75, 3.05) is 32.7 Å². The van der Waals surface area contributed by atoms with E-state index in [1.54, 1.807) is 0 Å². The third-order valence-corrected chi connectivity index (χ3v) is 9.16. The number of nitrogens with zero attached hydrogens (tertiary/aromatic N) is 3. The lowest BCUT2D eigenvalue weighted by molar-refractivity contribution is 0.0625. The van der Waals surface area contributed by atoms with E-state index >= 15 is 0 Å². The van der Waals surface area contributed by atoms with E-state index in [9.17, 15) is 0 Å². The van der Waals surface area contributed by atoms with Gasteiger partial charge in [-0.2, -0.15) is 0 Å². The predicted octanol–water partition coefficient (Wildman–Crippen LogP) is 4.45. The molecule has 2 unspecified atom stereocenters. The number of alkyl halides is 1. The fraction of sp³-hybridized carbons (Fsp3) is 1.00.